The van der Waals surface area contributed by atoms with Crippen molar-refractivity contribution < 1.29 is 17.0 Å². The summed E-state index contributed by atoms with van der Waals surface area (Å²) in [4.78, 5) is -0.503. The van der Waals surface area contributed by atoms with Crippen molar-refractivity contribution in [1.29, 1.82) is 0 Å². The molecule has 1 aromatic carbocycles. The van der Waals surface area contributed by atoms with E-state index in [-0.39, 0.29) is 17.5 Å². The zero-order chi connectivity index (χ0) is 13.9. The first kappa shape index (κ1) is 15.1. The molecule has 0 bridgehead atoms. The molecular weight excluding hydrogens is 279 g/mol. The minimum absolute atomic E-state index is 0.0281. The van der Waals surface area contributed by atoms with Crippen LogP contribution in [0.4, 0.5) is 10.1 Å². The molecule has 1 rings (SSSR count). The lowest BCUT2D eigenvalue weighted by Crippen LogP contribution is -2.33. The third kappa shape index (κ3) is 3.76. The average molecular weight is 294 g/mol. The summed E-state index contributed by atoms with van der Waals surface area (Å²) in [6, 6.07) is 3.31. The molecule has 0 saturated heterocycles. The maximum absolute atomic E-state index is 13.4. The standard InChI is InChI=1S/C10H15FN2O3S2/c1-7(17(2)14)6-13-18(15,16)10-5-8(12)3-4-9(10)11/h3-5,7,13H,6,12H2,1-2H3. The van der Waals surface area contributed by atoms with E-state index in [0.717, 1.165) is 12.1 Å². The van der Waals surface area contributed by atoms with Gasteiger partial charge in [-0.2, -0.15) is 0 Å². The highest BCUT2D eigenvalue weighted by molar-refractivity contribution is 7.89. The molecule has 0 heterocycles. The molecule has 2 atom stereocenters. The number of hydrogen-bond donors (Lipinski definition) is 2. The molecule has 0 amide bonds. The van der Waals surface area contributed by atoms with Gasteiger partial charge in [0.05, 0.1) is 0 Å². The van der Waals surface area contributed by atoms with Crippen LogP contribution in [0.1, 0.15) is 6.92 Å². The van der Waals surface area contributed by atoms with Gasteiger partial charge in [-0.05, 0) is 25.1 Å². The monoisotopic (exact) mass is 294 g/mol. The van der Waals surface area contributed by atoms with Crippen LogP contribution in [0.3, 0.4) is 0 Å². The number of hydrogen-bond acceptors (Lipinski definition) is 4. The van der Waals surface area contributed by atoms with Gasteiger partial charge in [-0.25, -0.2) is 17.5 Å². The van der Waals surface area contributed by atoms with Crippen LogP contribution in [-0.2, 0) is 20.8 Å². The van der Waals surface area contributed by atoms with Gasteiger partial charge in [0.15, 0.2) is 0 Å². The van der Waals surface area contributed by atoms with Crippen molar-refractivity contribution in [2.24, 2.45) is 0 Å². The fourth-order valence-electron chi connectivity index (χ4n) is 1.15. The summed E-state index contributed by atoms with van der Waals surface area (Å²) >= 11 is 0. The van der Waals surface area contributed by atoms with Crippen LogP contribution in [0.2, 0.25) is 0 Å². The molecule has 0 aliphatic heterocycles. The number of nitrogens with two attached hydrogens (primary N) is 1. The van der Waals surface area contributed by atoms with Crippen molar-refractivity contribution in [2.45, 2.75) is 17.1 Å². The maximum Gasteiger partial charge on any atom is 0.243 e. The van der Waals surface area contributed by atoms with Gasteiger partial charge in [-0.1, -0.05) is 0 Å². The Labute approximate surface area is 108 Å². The number of rotatable bonds is 5. The van der Waals surface area contributed by atoms with Gasteiger partial charge in [-0.3, -0.25) is 4.21 Å². The summed E-state index contributed by atoms with van der Waals surface area (Å²) in [5.41, 5.74) is 5.58. The Kier molecular flexibility index (Phi) is 4.83. The van der Waals surface area contributed by atoms with Gasteiger partial charge in [0.2, 0.25) is 10.0 Å². The summed E-state index contributed by atoms with van der Waals surface area (Å²) in [7, 11) is -5.14. The van der Waals surface area contributed by atoms with Crippen LogP contribution >= 0.6 is 0 Å². The summed E-state index contributed by atoms with van der Waals surface area (Å²) in [6.07, 6.45) is 1.47. The van der Waals surface area contributed by atoms with Crippen LogP contribution in [0.5, 0.6) is 0 Å². The van der Waals surface area contributed by atoms with Gasteiger partial charge in [0, 0.05) is 34.5 Å². The molecule has 0 aliphatic carbocycles. The van der Waals surface area contributed by atoms with Crippen LogP contribution < -0.4 is 10.5 Å². The molecule has 1 aromatic rings. The summed E-state index contributed by atoms with van der Waals surface area (Å²) in [6.45, 7) is 1.61. The molecule has 8 heteroatoms. The average Bonchev–Trinajstić information content (AvgIpc) is 2.29. The Morgan fingerprint density at radius 3 is 2.67 bits per heavy atom. The fraction of sp³-hybridized carbons (Fsp3) is 0.400. The first-order chi connectivity index (χ1) is 8.24. The van der Waals surface area contributed by atoms with E-state index >= 15 is 0 Å². The lowest BCUT2D eigenvalue weighted by Gasteiger charge is -2.11. The molecule has 102 valence electrons. The number of sulfonamides is 1. The topological polar surface area (TPSA) is 89.3 Å². The molecule has 0 fully saturated rings. The Balaban J connectivity index is 2.93. The van der Waals surface area contributed by atoms with Crippen molar-refractivity contribution in [3.05, 3.63) is 24.0 Å². The second-order valence-corrected chi connectivity index (χ2v) is 7.39. The number of nitrogens with one attached hydrogen (secondary N) is 1. The van der Waals surface area contributed by atoms with Crippen LogP contribution in [0.25, 0.3) is 0 Å². The van der Waals surface area contributed by atoms with E-state index in [9.17, 15) is 17.0 Å². The number of halogens is 1. The molecule has 3 N–H and O–H groups in total. The minimum atomic E-state index is -3.98. The van der Waals surface area contributed by atoms with E-state index in [1.54, 1.807) is 6.92 Å². The second-order valence-electron chi connectivity index (χ2n) is 3.85. The molecule has 18 heavy (non-hydrogen) atoms. The summed E-state index contributed by atoms with van der Waals surface area (Å²) in [5, 5.41) is -0.358. The van der Waals surface area contributed by atoms with E-state index in [0.29, 0.717) is 0 Å². The first-order valence-electron chi connectivity index (χ1n) is 5.11. The van der Waals surface area contributed by atoms with Crippen molar-refractivity contribution in [3.8, 4) is 0 Å². The van der Waals surface area contributed by atoms with Crippen LogP contribution in [0, 0.1) is 5.82 Å². The summed E-state index contributed by atoms with van der Waals surface area (Å²) in [5.74, 6) is -0.873. The van der Waals surface area contributed by atoms with Crippen molar-refractivity contribution in [1.82, 2.24) is 4.72 Å². The van der Waals surface area contributed by atoms with E-state index in [1.165, 1.54) is 12.3 Å². The molecule has 0 saturated carbocycles. The molecule has 0 radical (unpaired) electrons. The smallest absolute Gasteiger partial charge is 0.243 e. The van der Waals surface area contributed by atoms with E-state index < -0.39 is 31.5 Å². The predicted octanol–water partition coefficient (Wildman–Crippen LogP) is 0.453. The van der Waals surface area contributed by atoms with E-state index in [2.05, 4.69) is 4.72 Å². The van der Waals surface area contributed by atoms with Gasteiger partial charge in [0.1, 0.15) is 10.7 Å². The molecule has 0 spiro atoms. The van der Waals surface area contributed by atoms with Crippen molar-refractivity contribution in [3.63, 3.8) is 0 Å². The largest absolute Gasteiger partial charge is 0.399 e. The number of benzene rings is 1. The molecule has 5 nitrogen and oxygen atoms in total. The van der Waals surface area contributed by atoms with Crippen molar-refractivity contribution >= 4 is 26.5 Å². The lowest BCUT2D eigenvalue weighted by molar-refractivity contribution is 0.557. The van der Waals surface area contributed by atoms with Gasteiger partial charge >= 0.3 is 0 Å². The minimum Gasteiger partial charge on any atom is -0.399 e. The Morgan fingerprint density at radius 1 is 1.50 bits per heavy atom. The number of nitrogen functional groups attached to an aromatic ring is 1. The highest BCUT2D eigenvalue weighted by atomic mass is 32.2. The van der Waals surface area contributed by atoms with Gasteiger partial charge in [0.25, 0.3) is 0 Å². The van der Waals surface area contributed by atoms with E-state index in [4.69, 9.17) is 5.73 Å². The Hall–Kier alpha value is -0.990. The normalized spacial score (nSPS) is 15.3. The maximum atomic E-state index is 13.4. The molecule has 2 unspecified atom stereocenters. The van der Waals surface area contributed by atoms with E-state index in [1.807, 2.05) is 0 Å². The Bertz CT molecular complexity index is 560. The zero-order valence-corrected chi connectivity index (χ0v) is 11.6. The zero-order valence-electron chi connectivity index (χ0n) is 10.0. The van der Waals surface area contributed by atoms with Crippen LogP contribution in [-0.4, -0.2) is 30.7 Å². The fourth-order valence-corrected chi connectivity index (χ4v) is 2.81. The Morgan fingerprint density at radius 2 is 2.11 bits per heavy atom. The second kappa shape index (κ2) is 5.77. The highest BCUT2D eigenvalue weighted by Crippen LogP contribution is 2.17. The van der Waals surface area contributed by atoms with Gasteiger partial charge in [-0.15, -0.1) is 0 Å². The predicted molar refractivity (Wildman–Crippen MR) is 69.5 cm³/mol. The third-order valence-corrected chi connectivity index (χ3v) is 5.11. The lowest BCUT2D eigenvalue weighted by atomic mass is 10.3. The summed E-state index contributed by atoms with van der Waals surface area (Å²) < 4.78 is 50.4. The first-order valence-corrected chi connectivity index (χ1v) is 8.21. The SMILES string of the molecule is CC(CNS(=O)(=O)c1cc(N)ccc1F)S(C)=O. The van der Waals surface area contributed by atoms with Crippen LogP contribution in [0.15, 0.2) is 23.1 Å². The highest BCUT2D eigenvalue weighted by Gasteiger charge is 2.20. The molecule has 0 aliphatic rings. The molecule has 0 aromatic heterocycles. The quantitative estimate of drug-likeness (QED) is 0.772. The molecular formula is C10H15FN2O3S2. The van der Waals surface area contributed by atoms with Gasteiger partial charge < -0.3 is 5.73 Å². The number of anilines is 1. The third-order valence-electron chi connectivity index (χ3n) is 2.37. The van der Waals surface area contributed by atoms with Crippen molar-refractivity contribution in [2.75, 3.05) is 18.5 Å².